The number of alkyl halides is 3. The molecular formula is C24H18ClF3N2O3. The molecule has 0 bridgehead atoms. The number of ether oxygens (including phenoxy) is 1. The number of hydrogen-bond donors (Lipinski definition) is 0. The molecule has 2 heterocycles. The number of nitrogens with zero attached hydrogens (tertiary/aromatic N) is 2. The minimum absolute atomic E-state index is 0.00527. The fourth-order valence-corrected chi connectivity index (χ4v) is 3.94. The molecule has 2 amide bonds. The molecule has 2 atom stereocenters. The van der Waals surface area contributed by atoms with E-state index in [0.29, 0.717) is 10.6 Å². The quantitative estimate of drug-likeness (QED) is 0.455. The smallest absolute Gasteiger partial charge is 0.417 e. The maximum absolute atomic E-state index is 13.3. The molecule has 0 saturated carbocycles. The molecule has 0 spiro atoms. The lowest BCUT2D eigenvalue weighted by Gasteiger charge is -2.24. The highest BCUT2D eigenvalue weighted by molar-refractivity contribution is 6.30. The summed E-state index contributed by atoms with van der Waals surface area (Å²) in [5, 5.41) is 0.443. The van der Waals surface area contributed by atoms with Crippen LogP contribution in [0.15, 0.2) is 73.1 Å². The Labute approximate surface area is 192 Å². The summed E-state index contributed by atoms with van der Waals surface area (Å²) in [5.41, 5.74) is 0.566. The zero-order valence-corrected chi connectivity index (χ0v) is 17.9. The van der Waals surface area contributed by atoms with E-state index in [2.05, 4.69) is 4.98 Å². The summed E-state index contributed by atoms with van der Waals surface area (Å²) in [4.78, 5) is 30.5. The van der Waals surface area contributed by atoms with Gasteiger partial charge in [0.15, 0.2) is 0 Å². The second-order valence-corrected chi connectivity index (χ2v) is 8.02. The number of pyridine rings is 1. The maximum Gasteiger partial charge on any atom is 0.417 e. The summed E-state index contributed by atoms with van der Waals surface area (Å²) in [5.74, 6) is -1.35. The molecule has 0 aliphatic carbocycles. The minimum Gasteiger partial charge on any atom is -0.446 e. The van der Waals surface area contributed by atoms with Gasteiger partial charge in [0.1, 0.15) is 12.6 Å². The molecule has 1 aromatic heterocycles. The number of carbonyl (C=O) groups is 2. The van der Waals surface area contributed by atoms with Gasteiger partial charge >= 0.3 is 12.3 Å². The van der Waals surface area contributed by atoms with Crippen LogP contribution in [0.3, 0.4) is 0 Å². The van der Waals surface area contributed by atoms with Gasteiger partial charge in [-0.1, -0.05) is 54.1 Å². The van der Waals surface area contributed by atoms with Crippen molar-refractivity contribution in [2.24, 2.45) is 0 Å². The van der Waals surface area contributed by atoms with E-state index < -0.39 is 35.7 Å². The highest BCUT2D eigenvalue weighted by Gasteiger charge is 2.40. The Bertz CT molecular complexity index is 1150. The monoisotopic (exact) mass is 474 g/mol. The van der Waals surface area contributed by atoms with E-state index in [-0.39, 0.29) is 18.6 Å². The standard InChI is InChI=1S/C24H18ClF3N2O3/c25-19-8-6-15(7-9-19)20(17-10-18(13-29-12-17)24(26,27)28)11-22(31)30-21(14-33-23(30)32)16-4-2-1-3-5-16/h1-10,12-13,20-21H,11,14H2/t20?,21-/m0/s1. The summed E-state index contributed by atoms with van der Waals surface area (Å²) in [6, 6.07) is 15.7. The minimum atomic E-state index is -4.59. The van der Waals surface area contributed by atoms with Crippen LogP contribution in [0.1, 0.15) is 40.6 Å². The predicted molar refractivity (Wildman–Crippen MR) is 115 cm³/mol. The van der Waals surface area contributed by atoms with Crippen molar-refractivity contribution >= 4 is 23.6 Å². The summed E-state index contributed by atoms with van der Waals surface area (Å²) in [6.45, 7) is 0.00527. The maximum atomic E-state index is 13.3. The third kappa shape index (κ3) is 5.01. The van der Waals surface area contributed by atoms with Crippen molar-refractivity contribution in [3.05, 3.63) is 100 Å². The average Bonchev–Trinajstić information content (AvgIpc) is 3.20. The fraction of sp³-hybridized carbons (Fsp3) is 0.208. The third-order valence-corrected chi connectivity index (χ3v) is 5.72. The summed E-state index contributed by atoms with van der Waals surface area (Å²) in [6.07, 6.45) is -3.62. The fourth-order valence-electron chi connectivity index (χ4n) is 3.82. The van der Waals surface area contributed by atoms with Crippen molar-refractivity contribution in [2.75, 3.05) is 6.61 Å². The molecule has 1 saturated heterocycles. The second-order valence-electron chi connectivity index (χ2n) is 7.58. The van der Waals surface area contributed by atoms with Gasteiger partial charge in [-0.25, -0.2) is 9.69 Å². The van der Waals surface area contributed by atoms with E-state index in [1.54, 1.807) is 48.5 Å². The molecule has 4 rings (SSSR count). The molecule has 5 nitrogen and oxygen atoms in total. The van der Waals surface area contributed by atoms with Crippen LogP contribution in [-0.2, 0) is 15.7 Å². The molecule has 0 radical (unpaired) electrons. The van der Waals surface area contributed by atoms with E-state index in [4.69, 9.17) is 16.3 Å². The number of amides is 2. The lowest BCUT2D eigenvalue weighted by Crippen LogP contribution is -2.35. The second kappa shape index (κ2) is 9.23. The zero-order chi connectivity index (χ0) is 23.6. The SMILES string of the molecule is O=C(CC(c1ccc(Cl)cc1)c1cncc(C(F)(F)F)c1)N1C(=O)OC[C@H]1c1ccccc1. The molecule has 170 valence electrons. The van der Waals surface area contributed by atoms with Crippen molar-refractivity contribution in [1.29, 1.82) is 0 Å². The van der Waals surface area contributed by atoms with E-state index in [1.165, 1.54) is 6.20 Å². The topological polar surface area (TPSA) is 59.5 Å². The van der Waals surface area contributed by atoms with Crippen LogP contribution in [0.25, 0.3) is 0 Å². The lowest BCUT2D eigenvalue weighted by molar-refractivity contribution is -0.137. The number of aromatic nitrogens is 1. The zero-order valence-electron chi connectivity index (χ0n) is 17.1. The molecule has 33 heavy (non-hydrogen) atoms. The molecule has 1 aliphatic heterocycles. The van der Waals surface area contributed by atoms with Gasteiger partial charge in [0.2, 0.25) is 5.91 Å². The van der Waals surface area contributed by atoms with Crippen LogP contribution in [-0.4, -0.2) is 28.5 Å². The Kier molecular flexibility index (Phi) is 6.37. The van der Waals surface area contributed by atoms with Crippen LogP contribution in [0, 0.1) is 0 Å². The molecule has 1 aliphatic rings. The molecule has 3 aromatic rings. The van der Waals surface area contributed by atoms with Crippen molar-refractivity contribution in [1.82, 2.24) is 9.88 Å². The number of imide groups is 1. The first-order chi connectivity index (χ1) is 15.7. The average molecular weight is 475 g/mol. The van der Waals surface area contributed by atoms with Crippen molar-refractivity contribution in [3.63, 3.8) is 0 Å². The molecule has 2 aromatic carbocycles. The van der Waals surface area contributed by atoms with Gasteiger partial charge in [-0.3, -0.25) is 9.78 Å². The molecule has 9 heteroatoms. The third-order valence-electron chi connectivity index (χ3n) is 5.47. The van der Waals surface area contributed by atoms with Gasteiger partial charge < -0.3 is 4.74 Å². The Morgan fingerprint density at radius 2 is 1.79 bits per heavy atom. The Morgan fingerprint density at radius 3 is 2.45 bits per heavy atom. The molecule has 1 fully saturated rings. The van der Waals surface area contributed by atoms with Crippen molar-refractivity contribution in [3.8, 4) is 0 Å². The lowest BCUT2D eigenvalue weighted by atomic mass is 9.88. The largest absolute Gasteiger partial charge is 0.446 e. The van der Waals surface area contributed by atoms with Gasteiger partial charge in [0, 0.05) is 29.8 Å². The molecule has 0 N–H and O–H groups in total. The molecule has 1 unspecified atom stereocenters. The van der Waals surface area contributed by atoms with E-state index in [0.717, 1.165) is 22.7 Å². The van der Waals surface area contributed by atoms with Crippen LogP contribution in [0.5, 0.6) is 0 Å². The van der Waals surface area contributed by atoms with E-state index in [1.807, 2.05) is 6.07 Å². The highest BCUT2D eigenvalue weighted by atomic mass is 35.5. The van der Waals surface area contributed by atoms with E-state index >= 15 is 0 Å². The van der Waals surface area contributed by atoms with Gasteiger partial charge in [-0.05, 0) is 34.9 Å². The van der Waals surface area contributed by atoms with Crippen molar-refractivity contribution in [2.45, 2.75) is 24.6 Å². The summed E-state index contributed by atoms with van der Waals surface area (Å²) < 4.78 is 45.0. The number of halogens is 4. The Hall–Kier alpha value is -3.39. The predicted octanol–water partition coefficient (Wildman–Crippen LogP) is 6.00. The Morgan fingerprint density at radius 1 is 1.09 bits per heavy atom. The van der Waals surface area contributed by atoms with Gasteiger partial charge in [0.05, 0.1) is 5.56 Å². The first-order valence-electron chi connectivity index (χ1n) is 10.1. The normalized spacial score (nSPS) is 17.0. The first-order valence-corrected chi connectivity index (χ1v) is 10.4. The van der Waals surface area contributed by atoms with Gasteiger partial charge in [-0.2, -0.15) is 13.2 Å². The first kappa shape index (κ1) is 22.8. The number of carbonyl (C=O) groups excluding carboxylic acids is 2. The van der Waals surface area contributed by atoms with Crippen LogP contribution in [0.4, 0.5) is 18.0 Å². The number of hydrogen-bond acceptors (Lipinski definition) is 4. The number of benzene rings is 2. The number of rotatable bonds is 5. The van der Waals surface area contributed by atoms with Crippen LogP contribution in [0.2, 0.25) is 5.02 Å². The number of cyclic esters (lactones) is 1. The van der Waals surface area contributed by atoms with Crippen LogP contribution < -0.4 is 0 Å². The Balaban J connectivity index is 1.69. The van der Waals surface area contributed by atoms with Gasteiger partial charge in [-0.15, -0.1) is 0 Å². The van der Waals surface area contributed by atoms with Crippen LogP contribution >= 0.6 is 11.6 Å². The van der Waals surface area contributed by atoms with Gasteiger partial charge in [0.25, 0.3) is 0 Å². The highest BCUT2D eigenvalue weighted by Crippen LogP contribution is 2.36. The summed E-state index contributed by atoms with van der Waals surface area (Å²) >= 11 is 5.97. The van der Waals surface area contributed by atoms with E-state index in [9.17, 15) is 22.8 Å². The molecular weight excluding hydrogens is 457 g/mol. The summed E-state index contributed by atoms with van der Waals surface area (Å²) in [7, 11) is 0. The van der Waals surface area contributed by atoms with Crippen molar-refractivity contribution < 1.29 is 27.5 Å².